The number of benzene rings is 1. The van der Waals surface area contributed by atoms with Crippen molar-refractivity contribution in [3.8, 4) is 5.75 Å². The maximum absolute atomic E-state index is 12.2. The average Bonchev–Trinajstić information content (AvgIpc) is 2.35. The molecule has 0 bridgehead atoms. The Kier molecular flexibility index (Phi) is 5.97. The minimum absolute atomic E-state index is 0.0541. The molecule has 0 aliphatic rings. The predicted molar refractivity (Wildman–Crippen MR) is 79.4 cm³/mol. The van der Waals surface area contributed by atoms with E-state index in [9.17, 15) is 12.6 Å². The fraction of sp³-hybridized carbons (Fsp3) is 0.455. The fourth-order valence-electron chi connectivity index (χ4n) is 1.28. The van der Waals surface area contributed by atoms with E-state index in [4.69, 9.17) is 4.74 Å². The van der Waals surface area contributed by atoms with Crippen molar-refractivity contribution in [3.63, 3.8) is 0 Å². The Morgan fingerprint density at radius 3 is 2.63 bits per heavy atom. The molecular weight excluding hydrogens is 354 g/mol. The van der Waals surface area contributed by atoms with Gasteiger partial charge in [0.15, 0.2) is 0 Å². The Morgan fingerprint density at radius 2 is 2.11 bits per heavy atom. The van der Waals surface area contributed by atoms with E-state index in [0.29, 0.717) is 4.47 Å². The number of methoxy groups -OCH3 is 1. The SMILES string of the molecule is COc1ccc(Br)cc1S(=O)(=O)NCC(C)S(C)=O. The zero-order valence-electron chi connectivity index (χ0n) is 10.8. The summed E-state index contributed by atoms with van der Waals surface area (Å²) >= 11 is 3.22. The van der Waals surface area contributed by atoms with Crippen LogP contribution in [0.25, 0.3) is 0 Å². The zero-order valence-corrected chi connectivity index (χ0v) is 14.1. The van der Waals surface area contributed by atoms with Crippen molar-refractivity contribution in [2.75, 3.05) is 19.9 Å². The van der Waals surface area contributed by atoms with Crippen molar-refractivity contribution < 1.29 is 17.4 Å². The second-order valence-corrected chi connectivity index (χ2v) is 8.41. The molecule has 1 aromatic rings. The van der Waals surface area contributed by atoms with Gasteiger partial charge in [0.05, 0.1) is 7.11 Å². The Hall–Kier alpha value is -0.440. The standard InChI is InChI=1S/C11H16BrNO4S2/c1-8(18(3)14)7-13-19(15,16)11-6-9(12)4-5-10(11)17-2/h4-6,8,13H,7H2,1-3H3. The van der Waals surface area contributed by atoms with E-state index < -0.39 is 20.8 Å². The van der Waals surface area contributed by atoms with Crippen LogP contribution in [0.5, 0.6) is 5.75 Å². The van der Waals surface area contributed by atoms with Gasteiger partial charge in [-0.15, -0.1) is 0 Å². The molecule has 0 radical (unpaired) electrons. The third kappa shape index (κ3) is 4.55. The largest absolute Gasteiger partial charge is 0.495 e. The Bertz CT molecular complexity index is 574. The second kappa shape index (κ2) is 6.83. The summed E-state index contributed by atoms with van der Waals surface area (Å²) in [6, 6.07) is 4.73. The highest BCUT2D eigenvalue weighted by Crippen LogP contribution is 2.26. The number of rotatable bonds is 6. The highest BCUT2D eigenvalue weighted by molar-refractivity contribution is 9.10. The van der Waals surface area contributed by atoms with Gasteiger partial charge in [0.25, 0.3) is 0 Å². The maximum atomic E-state index is 12.2. The molecule has 0 amide bonds. The molecule has 0 spiro atoms. The van der Waals surface area contributed by atoms with Gasteiger partial charge in [-0.25, -0.2) is 13.1 Å². The van der Waals surface area contributed by atoms with E-state index in [1.54, 1.807) is 25.3 Å². The first-order valence-corrected chi connectivity index (χ1v) is 9.33. The van der Waals surface area contributed by atoms with Crippen LogP contribution in [0.4, 0.5) is 0 Å². The summed E-state index contributed by atoms with van der Waals surface area (Å²) in [6.45, 7) is 1.83. The van der Waals surface area contributed by atoms with Gasteiger partial charge in [-0.1, -0.05) is 15.9 Å². The number of halogens is 1. The third-order valence-corrected chi connectivity index (χ3v) is 5.78. The molecule has 2 unspecified atom stereocenters. The molecule has 2 atom stereocenters. The predicted octanol–water partition coefficient (Wildman–Crippen LogP) is 1.50. The lowest BCUT2D eigenvalue weighted by Crippen LogP contribution is -2.32. The first kappa shape index (κ1) is 16.6. The maximum Gasteiger partial charge on any atom is 0.244 e. The van der Waals surface area contributed by atoms with Crippen LogP contribution in [0, 0.1) is 0 Å². The average molecular weight is 370 g/mol. The number of sulfonamides is 1. The minimum atomic E-state index is -3.69. The first-order chi connectivity index (χ1) is 8.77. The lowest BCUT2D eigenvalue weighted by atomic mass is 10.3. The van der Waals surface area contributed by atoms with Gasteiger partial charge < -0.3 is 4.74 Å². The highest BCUT2D eigenvalue weighted by atomic mass is 79.9. The van der Waals surface area contributed by atoms with Crippen LogP contribution in [-0.2, 0) is 20.8 Å². The van der Waals surface area contributed by atoms with Gasteiger partial charge in [-0.3, -0.25) is 4.21 Å². The van der Waals surface area contributed by atoms with Crippen LogP contribution in [0.1, 0.15) is 6.92 Å². The molecular formula is C11H16BrNO4S2. The lowest BCUT2D eigenvalue weighted by Gasteiger charge is -2.13. The Labute approximate surface area is 124 Å². The molecule has 0 aliphatic carbocycles. The van der Waals surface area contributed by atoms with E-state index in [1.807, 2.05) is 0 Å². The van der Waals surface area contributed by atoms with Gasteiger partial charge >= 0.3 is 0 Å². The molecule has 108 valence electrons. The number of hydrogen-bond acceptors (Lipinski definition) is 4. The molecule has 1 N–H and O–H groups in total. The molecule has 0 aromatic heterocycles. The smallest absolute Gasteiger partial charge is 0.244 e. The van der Waals surface area contributed by atoms with Crippen molar-refractivity contribution in [1.82, 2.24) is 4.72 Å². The fourth-order valence-corrected chi connectivity index (χ4v) is 3.54. The van der Waals surface area contributed by atoms with Crippen LogP contribution in [0.2, 0.25) is 0 Å². The normalized spacial score (nSPS) is 14.9. The lowest BCUT2D eigenvalue weighted by molar-refractivity contribution is 0.402. The first-order valence-electron chi connectivity index (χ1n) is 5.43. The van der Waals surface area contributed by atoms with E-state index in [1.165, 1.54) is 13.2 Å². The van der Waals surface area contributed by atoms with E-state index >= 15 is 0 Å². The highest BCUT2D eigenvalue weighted by Gasteiger charge is 2.21. The molecule has 1 rings (SSSR count). The van der Waals surface area contributed by atoms with Gasteiger partial charge in [0.2, 0.25) is 10.0 Å². The molecule has 0 fully saturated rings. The molecule has 0 heterocycles. The van der Waals surface area contributed by atoms with E-state index in [0.717, 1.165) is 0 Å². The molecule has 0 saturated carbocycles. The topological polar surface area (TPSA) is 72.5 Å². The molecule has 1 aromatic carbocycles. The Morgan fingerprint density at radius 1 is 1.47 bits per heavy atom. The van der Waals surface area contributed by atoms with Crippen molar-refractivity contribution in [2.24, 2.45) is 0 Å². The van der Waals surface area contributed by atoms with Crippen LogP contribution in [-0.4, -0.2) is 37.8 Å². The summed E-state index contributed by atoms with van der Waals surface area (Å²) in [6.07, 6.45) is 1.54. The summed E-state index contributed by atoms with van der Waals surface area (Å²) in [5.74, 6) is 0.265. The van der Waals surface area contributed by atoms with Gasteiger partial charge in [0, 0.05) is 33.3 Å². The van der Waals surface area contributed by atoms with Gasteiger partial charge in [-0.05, 0) is 25.1 Å². The number of hydrogen-bond donors (Lipinski definition) is 1. The summed E-state index contributed by atoms with van der Waals surface area (Å²) < 4.78 is 43.7. The molecule has 19 heavy (non-hydrogen) atoms. The second-order valence-electron chi connectivity index (χ2n) is 3.96. The summed E-state index contributed by atoms with van der Waals surface area (Å²) in [5.41, 5.74) is 0. The molecule has 0 saturated heterocycles. The molecule has 8 heteroatoms. The Balaban J connectivity index is 3.00. The van der Waals surface area contributed by atoms with Crippen molar-refractivity contribution in [2.45, 2.75) is 17.1 Å². The number of nitrogens with one attached hydrogen (secondary N) is 1. The van der Waals surface area contributed by atoms with Crippen molar-refractivity contribution >= 4 is 36.8 Å². The monoisotopic (exact) mass is 369 g/mol. The number of ether oxygens (including phenoxy) is 1. The van der Waals surface area contributed by atoms with Crippen molar-refractivity contribution in [1.29, 1.82) is 0 Å². The van der Waals surface area contributed by atoms with Gasteiger partial charge in [0.1, 0.15) is 10.6 Å². The molecule has 0 aliphatic heterocycles. The summed E-state index contributed by atoms with van der Waals surface area (Å²) in [4.78, 5) is 0.0541. The van der Waals surface area contributed by atoms with Crippen LogP contribution < -0.4 is 9.46 Å². The van der Waals surface area contributed by atoms with E-state index in [2.05, 4.69) is 20.7 Å². The summed E-state index contributed by atoms with van der Waals surface area (Å²) in [7, 11) is -3.37. The van der Waals surface area contributed by atoms with Gasteiger partial charge in [-0.2, -0.15) is 0 Å². The van der Waals surface area contributed by atoms with Crippen LogP contribution in [0.3, 0.4) is 0 Å². The zero-order chi connectivity index (χ0) is 14.6. The van der Waals surface area contributed by atoms with Crippen molar-refractivity contribution in [3.05, 3.63) is 22.7 Å². The minimum Gasteiger partial charge on any atom is -0.495 e. The third-order valence-electron chi connectivity index (χ3n) is 2.54. The van der Waals surface area contributed by atoms with Crippen LogP contribution >= 0.6 is 15.9 Å². The molecule has 5 nitrogen and oxygen atoms in total. The van der Waals surface area contributed by atoms with E-state index in [-0.39, 0.29) is 22.4 Å². The van der Waals surface area contributed by atoms with Crippen LogP contribution in [0.15, 0.2) is 27.6 Å². The summed E-state index contributed by atoms with van der Waals surface area (Å²) in [5, 5.41) is -0.257. The quantitative estimate of drug-likeness (QED) is 0.824.